The first-order valence-corrected chi connectivity index (χ1v) is 14.3. The van der Waals surface area contributed by atoms with E-state index in [4.69, 9.17) is 15.3 Å². The minimum atomic E-state index is -1.33. The number of nitrogens with one attached hydrogen (secondary N) is 1. The number of ether oxygens (including phenoxy) is 1. The van der Waals surface area contributed by atoms with E-state index in [1.165, 1.54) is 24.3 Å². The van der Waals surface area contributed by atoms with Crippen LogP contribution in [-0.4, -0.2) is 90.6 Å². The number of thioether (sulfide) groups is 2. The average molecular weight is 609 g/mol. The number of hydrogen-bond acceptors (Lipinski definition) is 14. The van der Waals surface area contributed by atoms with Crippen LogP contribution in [0.3, 0.4) is 0 Å². The minimum Gasteiger partial charge on any atom is -0.477 e. The number of esters is 1. The SMILES string of the molecule is C=C1S[C@@H]2[C@H](NC(=O)/C(=N\OC)c3csc(N)n3)C(=O)N2C(C(=O)O)=C1CSc1nc(C(=O)OC)nn1CCC. The van der Waals surface area contributed by atoms with E-state index in [0.717, 1.165) is 39.8 Å². The normalized spacial score (nSPS) is 18.8. The van der Waals surface area contributed by atoms with Crippen molar-refractivity contribution in [1.82, 2.24) is 30.0 Å². The van der Waals surface area contributed by atoms with Gasteiger partial charge in [-0.25, -0.2) is 19.3 Å². The van der Waals surface area contributed by atoms with Crippen molar-refractivity contribution in [3.8, 4) is 0 Å². The second kappa shape index (κ2) is 12.1. The first kappa shape index (κ1) is 29.1. The third kappa shape index (κ3) is 5.54. The number of anilines is 1. The molecule has 0 aromatic carbocycles. The summed E-state index contributed by atoms with van der Waals surface area (Å²) in [6, 6.07) is -1.05. The van der Waals surface area contributed by atoms with Crippen molar-refractivity contribution >= 4 is 69.5 Å². The van der Waals surface area contributed by atoms with Gasteiger partial charge in [0.25, 0.3) is 17.6 Å². The molecule has 0 radical (unpaired) electrons. The predicted molar refractivity (Wildman–Crippen MR) is 146 cm³/mol. The summed E-state index contributed by atoms with van der Waals surface area (Å²) in [4.78, 5) is 64.8. The van der Waals surface area contributed by atoms with Crippen LogP contribution in [0.15, 0.2) is 38.4 Å². The largest absolute Gasteiger partial charge is 0.477 e. The Hall–Kier alpha value is -3.90. The Balaban J connectivity index is 1.55. The predicted octanol–water partition coefficient (Wildman–Crippen LogP) is 0.909. The highest BCUT2D eigenvalue weighted by molar-refractivity contribution is 8.04. The number of carbonyl (C=O) groups is 4. The number of carboxylic acid groups (broad SMARTS) is 1. The molecule has 40 heavy (non-hydrogen) atoms. The second-order valence-corrected chi connectivity index (χ2v) is 11.2. The van der Waals surface area contributed by atoms with E-state index in [-0.39, 0.29) is 33.8 Å². The van der Waals surface area contributed by atoms with Gasteiger partial charge in [-0.1, -0.05) is 42.2 Å². The topological polar surface area (TPSA) is 204 Å². The number of aryl methyl sites for hydroxylation is 1. The van der Waals surface area contributed by atoms with Crippen molar-refractivity contribution in [2.45, 2.75) is 36.5 Å². The molecule has 4 rings (SSSR count). The number of carbonyl (C=O) groups excluding carboxylic acids is 3. The summed E-state index contributed by atoms with van der Waals surface area (Å²) in [7, 11) is 2.48. The van der Waals surface area contributed by atoms with Crippen molar-refractivity contribution in [3.63, 3.8) is 0 Å². The molecule has 2 atom stereocenters. The Morgan fingerprint density at radius 3 is 2.67 bits per heavy atom. The molecular formula is C22H24N8O7S3. The van der Waals surface area contributed by atoms with Gasteiger partial charge in [-0.15, -0.1) is 16.4 Å². The Morgan fingerprint density at radius 1 is 1.32 bits per heavy atom. The van der Waals surface area contributed by atoms with E-state index >= 15 is 0 Å². The van der Waals surface area contributed by atoms with Crippen LogP contribution in [0.1, 0.15) is 29.7 Å². The smallest absolute Gasteiger partial charge is 0.377 e. The quantitative estimate of drug-likeness (QED) is 0.107. The number of thiazole rings is 1. The van der Waals surface area contributed by atoms with E-state index < -0.39 is 35.2 Å². The van der Waals surface area contributed by atoms with Gasteiger partial charge in [0.2, 0.25) is 0 Å². The number of allylic oxidation sites excluding steroid dienone is 1. The van der Waals surface area contributed by atoms with Gasteiger partial charge < -0.3 is 25.7 Å². The third-order valence-electron chi connectivity index (χ3n) is 5.61. The van der Waals surface area contributed by atoms with Gasteiger partial charge in [0, 0.05) is 28.2 Å². The highest BCUT2D eigenvalue weighted by atomic mass is 32.2. The molecule has 0 saturated carbocycles. The number of amides is 2. The van der Waals surface area contributed by atoms with Crippen molar-refractivity contribution in [3.05, 3.63) is 39.7 Å². The van der Waals surface area contributed by atoms with E-state index in [0.29, 0.717) is 28.6 Å². The lowest BCUT2D eigenvalue weighted by atomic mass is 10.0. The van der Waals surface area contributed by atoms with Gasteiger partial charge in [0.15, 0.2) is 16.0 Å². The van der Waals surface area contributed by atoms with Crippen molar-refractivity contribution in [2.24, 2.45) is 5.16 Å². The zero-order chi connectivity index (χ0) is 29.1. The van der Waals surface area contributed by atoms with Gasteiger partial charge >= 0.3 is 11.9 Å². The molecule has 18 heteroatoms. The van der Waals surface area contributed by atoms with E-state index in [9.17, 15) is 24.3 Å². The average Bonchev–Trinajstić information content (AvgIpc) is 3.54. The van der Waals surface area contributed by atoms with Crippen LogP contribution in [-0.2, 0) is 30.5 Å². The van der Waals surface area contributed by atoms with Gasteiger partial charge in [-0.3, -0.25) is 14.5 Å². The zero-order valence-electron chi connectivity index (χ0n) is 21.4. The molecule has 15 nitrogen and oxygen atoms in total. The van der Waals surface area contributed by atoms with Crippen molar-refractivity contribution in [2.75, 3.05) is 25.7 Å². The molecule has 2 aromatic rings. The van der Waals surface area contributed by atoms with Crippen LogP contribution in [0.2, 0.25) is 0 Å². The molecule has 0 unspecified atom stereocenters. The lowest BCUT2D eigenvalue weighted by Crippen LogP contribution is -2.70. The number of carboxylic acids is 1. The number of oxime groups is 1. The number of nitrogen functional groups attached to an aromatic ring is 1. The molecule has 4 heterocycles. The monoisotopic (exact) mass is 608 g/mol. The number of nitrogens with two attached hydrogens (primary N) is 1. The Bertz CT molecular complexity index is 1450. The fraction of sp³-hybridized carbons (Fsp3) is 0.364. The summed E-state index contributed by atoms with van der Waals surface area (Å²) >= 11 is 3.40. The molecule has 0 bridgehead atoms. The Morgan fingerprint density at radius 2 is 2.08 bits per heavy atom. The molecule has 1 fully saturated rings. The minimum absolute atomic E-state index is 0.0832. The maximum absolute atomic E-state index is 13.1. The Labute approximate surface area is 239 Å². The second-order valence-electron chi connectivity index (χ2n) is 8.14. The fourth-order valence-electron chi connectivity index (χ4n) is 3.84. The number of methoxy groups -OCH3 is 1. The number of aliphatic carboxylic acids is 1. The molecule has 2 aromatic heterocycles. The van der Waals surface area contributed by atoms with E-state index in [2.05, 4.69) is 32.1 Å². The van der Waals surface area contributed by atoms with Gasteiger partial charge in [-0.2, -0.15) is 4.98 Å². The highest BCUT2D eigenvalue weighted by Gasteiger charge is 2.55. The van der Waals surface area contributed by atoms with E-state index in [1.807, 2.05) is 6.92 Å². The number of fused-ring (bicyclic) bond motifs is 1. The molecule has 0 spiro atoms. The summed E-state index contributed by atoms with van der Waals surface area (Å²) in [5, 5.41) is 21.9. The Kier molecular flexibility index (Phi) is 8.79. The van der Waals surface area contributed by atoms with Gasteiger partial charge in [-0.05, 0) is 6.42 Å². The number of hydrogen-bond donors (Lipinski definition) is 3. The van der Waals surface area contributed by atoms with Crippen molar-refractivity contribution < 1.29 is 33.9 Å². The van der Waals surface area contributed by atoms with Gasteiger partial charge in [0.05, 0.1) is 7.11 Å². The maximum atomic E-state index is 13.1. The number of aromatic nitrogens is 4. The zero-order valence-corrected chi connectivity index (χ0v) is 23.9. The number of rotatable bonds is 11. The first-order chi connectivity index (χ1) is 19.1. The molecular weight excluding hydrogens is 584 g/mol. The third-order valence-corrected chi connectivity index (χ3v) is 8.53. The van der Waals surface area contributed by atoms with Crippen molar-refractivity contribution in [1.29, 1.82) is 0 Å². The summed E-state index contributed by atoms with van der Waals surface area (Å²) < 4.78 is 6.23. The first-order valence-electron chi connectivity index (χ1n) is 11.6. The molecule has 1 saturated heterocycles. The van der Waals surface area contributed by atoms with Crippen LogP contribution >= 0.6 is 34.9 Å². The van der Waals surface area contributed by atoms with Crippen LogP contribution < -0.4 is 11.1 Å². The lowest BCUT2D eigenvalue weighted by Gasteiger charge is -2.49. The number of β-lactam (4-membered cyclic amide) rings is 1. The molecule has 2 amide bonds. The lowest BCUT2D eigenvalue weighted by molar-refractivity contribution is -0.150. The fourth-order valence-corrected chi connectivity index (χ4v) is 6.73. The molecule has 4 N–H and O–H groups in total. The highest BCUT2D eigenvalue weighted by Crippen LogP contribution is 2.47. The van der Waals surface area contributed by atoms with Crippen LogP contribution in [0.25, 0.3) is 0 Å². The standard InChI is InChI=1S/C22H24N8O7S3/c1-5-6-29-22(26-15(27-29)20(35)36-3)39-7-10-9(2)40-18-13(17(32)30(18)14(10)19(33)34)25-16(31)12(28-37-4)11-8-38-21(23)24-11/h8,13,18H,2,5-7H2,1,3-4H3,(H2,23,24)(H,25,31)(H,33,34)/b28-12-/t13-,18-/m1/s1. The summed E-state index contributed by atoms with van der Waals surface area (Å²) in [6.45, 7) is 6.42. The maximum Gasteiger partial charge on any atom is 0.377 e. The molecule has 212 valence electrons. The summed E-state index contributed by atoms with van der Waals surface area (Å²) in [6.07, 6.45) is 0.715. The summed E-state index contributed by atoms with van der Waals surface area (Å²) in [5.74, 6) is -3.41. The van der Waals surface area contributed by atoms with Crippen LogP contribution in [0.4, 0.5) is 5.13 Å². The van der Waals surface area contributed by atoms with Gasteiger partial charge in [0.1, 0.15) is 29.9 Å². The van der Waals surface area contributed by atoms with E-state index in [1.54, 1.807) is 0 Å². The number of nitrogens with zero attached hydrogens (tertiary/aromatic N) is 6. The molecule has 0 aliphatic carbocycles. The molecule has 2 aliphatic heterocycles. The van der Waals surface area contributed by atoms with Crippen LogP contribution in [0, 0.1) is 0 Å². The molecule has 2 aliphatic rings. The summed E-state index contributed by atoms with van der Waals surface area (Å²) in [5.41, 5.74) is 5.70. The van der Waals surface area contributed by atoms with Crippen LogP contribution in [0.5, 0.6) is 0 Å².